The van der Waals surface area contributed by atoms with Gasteiger partial charge in [0.05, 0.1) is 13.7 Å². The van der Waals surface area contributed by atoms with E-state index in [4.69, 9.17) is 9.26 Å². The lowest BCUT2D eigenvalue weighted by Gasteiger charge is -2.16. The maximum Gasteiger partial charge on any atom is 0.246 e. The number of nitrogens with one attached hydrogen (secondary N) is 2. The molecule has 0 fully saturated rings. The Morgan fingerprint density at radius 3 is 3.00 bits per heavy atom. The lowest BCUT2D eigenvalue weighted by molar-refractivity contribution is -0.121. The van der Waals surface area contributed by atoms with Gasteiger partial charge in [-0.3, -0.25) is 4.79 Å². The highest BCUT2D eigenvalue weighted by Gasteiger charge is 2.23. The number of aromatic nitrogens is 3. The summed E-state index contributed by atoms with van der Waals surface area (Å²) in [5, 5.41) is 11.7. The number of carbonyl (C=O) groups is 1. The Kier molecular flexibility index (Phi) is 5.12. The molecule has 0 aliphatic carbocycles. The van der Waals surface area contributed by atoms with Crippen molar-refractivity contribution in [3.63, 3.8) is 0 Å². The van der Waals surface area contributed by atoms with Gasteiger partial charge in [0.2, 0.25) is 11.8 Å². The van der Waals surface area contributed by atoms with Crippen LogP contribution in [-0.2, 0) is 11.3 Å². The van der Waals surface area contributed by atoms with Crippen molar-refractivity contribution in [2.24, 2.45) is 0 Å². The molecule has 0 saturated heterocycles. The van der Waals surface area contributed by atoms with E-state index in [-0.39, 0.29) is 18.4 Å². The van der Waals surface area contributed by atoms with Gasteiger partial charge in [-0.05, 0) is 47.0 Å². The number of fused-ring (bicyclic) bond motifs is 1. The van der Waals surface area contributed by atoms with E-state index < -0.39 is 0 Å². The first-order chi connectivity index (χ1) is 13.7. The monoisotopic (exact) mass is 396 g/mol. The molecule has 1 atom stereocenters. The van der Waals surface area contributed by atoms with E-state index in [1.165, 1.54) is 0 Å². The summed E-state index contributed by atoms with van der Waals surface area (Å²) in [6.45, 7) is 1.96. The van der Waals surface area contributed by atoms with Gasteiger partial charge in [0.15, 0.2) is 5.82 Å². The third-order valence-corrected chi connectivity index (χ3v) is 5.34. The van der Waals surface area contributed by atoms with Gasteiger partial charge in [-0.25, -0.2) is 0 Å². The molecule has 28 heavy (non-hydrogen) atoms. The van der Waals surface area contributed by atoms with E-state index in [0.29, 0.717) is 18.1 Å². The summed E-state index contributed by atoms with van der Waals surface area (Å²) in [5.74, 6) is 1.55. The predicted octanol–water partition coefficient (Wildman–Crippen LogP) is 3.77. The molecule has 1 amide bonds. The number of methoxy groups -OCH3 is 1. The first-order valence-electron chi connectivity index (χ1n) is 8.87. The first-order valence-corrected chi connectivity index (χ1v) is 9.82. The quantitative estimate of drug-likeness (QED) is 0.496. The molecule has 4 aromatic rings. The topological polar surface area (TPSA) is 93.0 Å². The Bertz CT molecular complexity index is 1080. The molecule has 0 spiro atoms. The van der Waals surface area contributed by atoms with Crippen LogP contribution in [0.4, 0.5) is 0 Å². The molecule has 3 aromatic heterocycles. The van der Waals surface area contributed by atoms with Crippen LogP contribution in [0.5, 0.6) is 5.75 Å². The van der Waals surface area contributed by atoms with E-state index in [1.54, 1.807) is 25.4 Å². The second-order valence-corrected chi connectivity index (χ2v) is 7.23. The summed E-state index contributed by atoms with van der Waals surface area (Å²) in [6.07, 6.45) is 2.26. The Morgan fingerprint density at radius 1 is 1.39 bits per heavy atom. The molecule has 7 nitrogen and oxygen atoms in total. The molecule has 3 heterocycles. The van der Waals surface area contributed by atoms with Crippen LogP contribution in [0, 0.1) is 6.92 Å². The first kappa shape index (κ1) is 18.2. The summed E-state index contributed by atoms with van der Waals surface area (Å²) >= 11 is 1.61. The van der Waals surface area contributed by atoms with Crippen LogP contribution in [0.15, 0.2) is 45.7 Å². The van der Waals surface area contributed by atoms with E-state index in [9.17, 15) is 4.79 Å². The minimum Gasteiger partial charge on any atom is -0.496 e. The summed E-state index contributed by atoms with van der Waals surface area (Å²) in [7, 11) is 1.66. The van der Waals surface area contributed by atoms with Gasteiger partial charge < -0.3 is 19.6 Å². The van der Waals surface area contributed by atoms with Crippen LogP contribution in [0.1, 0.15) is 35.2 Å². The van der Waals surface area contributed by atoms with Crippen LogP contribution in [0.2, 0.25) is 0 Å². The minimum absolute atomic E-state index is 0.0868. The molecule has 1 aromatic carbocycles. The maximum absolute atomic E-state index is 12.7. The number of hydrogen-bond donors (Lipinski definition) is 2. The zero-order valence-corrected chi connectivity index (χ0v) is 16.4. The fourth-order valence-electron chi connectivity index (χ4n) is 3.35. The van der Waals surface area contributed by atoms with Crippen molar-refractivity contribution < 1.29 is 14.1 Å². The van der Waals surface area contributed by atoms with Crippen molar-refractivity contribution in [3.05, 3.63) is 64.1 Å². The molecule has 4 rings (SSSR count). The van der Waals surface area contributed by atoms with Crippen LogP contribution < -0.4 is 10.1 Å². The average Bonchev–Trinajstić information content (AvgIpc) is 3.45. The summed E-state index contributed by atoms with van der Waals surface area (Å²) in [5.41, 5.74) is 3.12. The van der Waals surface area contributed by atoms with Gasteiger partial charge in [0.25, 0.3) is 0 Å². The lowest BCUT2D eigenvalue weighted by atomic mass is 9.89. The van der Waals surface area contributed by atoms with E-state index in [0.717, 1.165) is 27.8 Å². The highest BCUT2D eigenvalue weighted by atomic mass is 32.1. The van der Waals surface area contributed by atoms with Crippen molar-refractivity contribution in [1.82, 2.24) is 20.4 Å². The normalized spacial score (nSPS) is 12.2. The van der Waals surface area contributed by atoms with Crippen LogP contribution in [0.25, 0.3) is 10.9 Å². The molecule has 144 valence electrons. The number of rotatable bonds is 7. The Labute approximate surface area is 165 Å². The molecule has 2 N–H and O–H groups in total. The van der Waals surface area contributed by atoms with Gasteiger partial charge >= 0.3 is 0 Å². The fourth-order valence-corrected chi connectivity index (χ4v) is 4.06. The van der Waals surface area contributed by atoms with Crippen molar-refractivity contribution in [3.8, 4) is 5.75 Å². The van der Waals surface area contributed by atoms with Gasteiger partial charge in [0.1, 0.15) is 5.75 Å². The molecule has 0 unspecified atom stereocenters. The molecule has 0 aliphatic heterocycles. The van der Waals surface area contributed by atoms with Gasteiger partial charge in [-0.15, -0.1) is 0 Å². The third-order valence-electron chi connectivity index (χ3n) is 4.63. The summed E-state index contributed by atoms with van der Waals surface area (Å²) in [6, 6.07) is 7.94. The third kappa shape index (κ3) is 3.63. The second-order valence-electron chi connectivity index (χ2n) is 6.45. The number of carbonyl (C=O) groups excluding carboxylic acids is 1. The van der Waals surface area contributed by atoms with Crippen molar-refractivity contribution in [2.45, 2.75) is 25.8 Å². The number of aromatic amines is 1. The second kappa shape index (κ2) is 7.85. The van der Waals surface area contributed by atoms with E-state index in [2.05, 4.69) is 31.9 Å². The Balaban J connectivity index is 1.61. The van der Waals surface area contributed by atoms with Crippen molar-refractivity contribution in [1.29, 1.82) is 0 Å². The molecule has 0 bridgehead atoms. The number of thiophene rings is 1. The summed E-state index contributed by atoms with van der Waals surface area (Å²) < 4.78 is 10.6. The van der Waals surface area contributed by atoms with Crippen molar-refractivity contribution in [2.75, 3.05) is 7.11 Å². The molecule has 0 aliphatic rings. The Morgan fingerprint density at radius 2 is 2.29 bits per heavy atom. The van der Waals surface area contributed by atoms with Crippen LogP contribution >= 0.6 is 11.3 Å². The number of nitrogens with zero attached hydrogens (tertiary/aromatic N) is 2. The smallest absolute Gasteiger partial charge is 0.246 e. The molecule has 0 radical (unpaired) electrons. The highest BCUT2D eigenvalue weighted by molar-refractivity contribution is 7.08. The summed E-state index contributed by atoms with van der Waals surface area (Å²) in [4.78, 5) is 20.1. The lowest BCUT2D eigenvalue weighted by Crippen LogP contribution is -2.25. The standard InChI is InChI=1S/C20H20N4O3S/c1-12-23-19(27-24-12)10-22-18(25)8-14(13-6-7-28-11-13)15-9-21-16-4-3-5-17(26-2)20(15)16/h3-7,9,11,14,21H,8,10H2,1-2H3,(H,22,25)/t14-/m1/s1. The number of amides is 1. The fraction of sp³-hybridized carbons (Fsp3) is 0.250. The van der Waals surface area contributed by atoms with Gasteiger partial charge in [-0.1, -0.05) is 11.2 Å². The highest BCUT2D eigenvalue weighted by Crippen LogP contribution is 2.38. The SMILES string of the molecule is COc1cccc2[nH]cc([C@H](CC(=O)NCc3nc(C)no3)c3ccsc3)c12. The number of ether oxygens (including phenoxy) is 1. The molecular weight excluding hydrogens is 376 g/mol. The van der Waals surface area contributed by atoms with E-state index in [1.807, 2.05) is 29.8 Å². The number of hydrogen-bond acceptors (Lipinski definition) is 6. The molecule has 0 saturated carbocycles. The van der Waals surface area contributed by atoms with Crippen LogP contribution in [-0.4, -0.2) is 28.1 Å². The number of H-pyrrole nitrogens is 1. The van der Waals surface area contributed by atoms with Gasteiger partial charge in [0, 0.05) is 29.4 Å². The minimum atomic E-state index is -0.0966. The zero-order chi connectivity index (χ0) is 19.5. The number of benzene rings is 1. The zero-order valence-electron chi connectivity index (χ0n) is 15.6. The van der Waals surface area contributed by atoms with Crippen molar-refractivity contribution >= 4 is 28.1 Å². The van der Waals surface area contributed by atoms with E-state index >= 15 is 0 Å². The average molecular weight is 396 g/mol. The molecular formula is C20H20N4O3S. The molecule has 8 heteroatoms. The van der Waals surface area contributed by atoms with Gasteiger partial charge in [-0.2, -0.15) is 16.3 Å². The Hall–Kier alpha value is -3.13. The predicted molar refractivity (Wildman–Crippen MR) is 107 cm³/mol. The maximum atomic E-state index is 12.7. The number of aryl methyl sites for hydroxylation is 1. The van der Waals surface area contributed by atoms with Crippen LogP contribution in [0.3, 0.4) is 0 Å². The largest absolute Gasteiger partial charge is 0.496 e.